The molecule has 0 N–H and O–H groups in total. The average molecular weight is 573 g/mol. The van der Waals surface area contributed by atoms with Crippen molar-refractivity contribution in [3.63, 3.8) is 0 Å². The minimum atomic E-state index is -0.0788. The zero-order chi connectivity index (χ0) is 28.7. The fourth-order valence-corrected chi connectivity index (χ4v) is 6.72. The second-order valence-electron chi connectivity index (χ2n) is 12.9. The summed E-state index contributed by atoms with van der Waals surface area (Å²) in [5, 5.41) is 0. The van der Waals surface area contributed by atoms with Crippen molar-refractivity contribution in [2.45, 2.75) is 153 Å². The van der Waals surface area contributed by atoms with Crippen molar-refractivity contribution in [2.75, 3.05) is 26.4 Å². The molecule has 232 valence electrons. The van der Waals surface area contributed by atoms with Gasteiger partial charge in [0.1, 0.15) is 5.82 Å². The summed E-state index contributed by atoms with van der Waals surface area (Å²) in [4.78, 5) is 0. The predicted octanol–water partition coefficient (Wildman–Crippen LogP) is 9.38. The maximum Gasteiger partial charge on any atom is 0.126 e. The Morgan fingerprint density at radius 2 is 1.02 bits per heavy atom. The largest absolute Gasteiger partial charge is 0.378 e. The number of allylic oxidation sites excluding steroid dienone is 1. The van der Waals surface area contributed by atoms with Gasteiger partial charge >= 0.3 is 0 Å². The normalized spacial score (nSPS) is 26.0. The summed E-state index contributed by atoms with van der Waals surface area (Å²) in [6.45, 7) is 9.38. The van der Waals surface area contributed by atoms with Gasteiger partial charge in [-0.3, -0.25) is 0 Å². The first-order valence-corrected chi connectivity index (χ1v) is 17.0. The van der Waals surface area contributed by atoms with Crippen molar-refractivity contribution in [1.29, 1.82) is 0 Å². The van der Waals surface area contributed by atoms with E-state index in [1.807, 2.05) is 13.0 Å². The van der Waals surface area contributed by atoms with Crippen LogP contribution in [0.5, 0.6) is 0 Å². The summed E-state index contributed by atoms with van der Waals surface area (Å²) >= 11 is 0. The molecule has 4 rings (SSSR count). The zero-order valence-electron chi connectivity index (χ0n) is 25.9. The lowest BCUT2D eigenvalue weighted by Crippen LogP contribution is -2.27. The first kappa shape index (κ1) is 32.6. The highest BCUT2D eigenvalue weighted by atomic mass is 19.1. The van der Waals surface area contributed by atoms with Gasteiger partial charge < -0.3 is 18.9 Å². The zero-order valence-corrected chi connectivity index (χ0v) is 25.9. The van der Waals surface area contributed by atoms with Crippen molar-refractivity contribution in [1.82, 2.24) is 0 Å². The SMILES string of the molecule is C=C1CCC(OCCCCCCOC2CCC(OCCCCOC3CCC(c4ccc(C)c(F)c4)CC3)CC2)CC1. The van der Waals surface area contributed by atoms with E-state index in [4.69, 9.17) is 18.9 Å². The molecule has 0 spiro atoms. The van der Waals surface area contributed by atoms with Crippen LogP contribution in [0.4, 0.5) is 4.39 Å². The van der Waals surface area contributed by atoms with Crippen molar-refractivity contribution in [2.24, 2.45) is 0 Å². The molecule has 0 saturated heterocycles. The average Bonchev–Trinajstić information content (AvgIpc) is 2.99. The Labute approximate surface area is 249 Å². The van der Waals surface area contributed by atoms with E-state index in [0.717, 1.165) is 134 Å². The van der Waals surface area contributed by atoms with Gasteiger partial charge in [-0.05, 0) is 133 Å². The molecule has 4 nitrogen and oxygen atoms in total. The standard InChI is InChI=1S/C36H57FO4/c1-28-9-15-32(16-10-28)38-23-5-3-4-6-24-39-34-19-21-35(22-20-34)41-26-8-7-25-40-33-17-13-30(14-18-33)31-12-11-29(2)36(37)27-31/h11-12,27,30,32-35H,1,3-10,13-26H2,2H3. The van der Waals surface area contributed by atoms with Gasteiger partial charge in [-0.1, -0.05) is 37.1 Å². The van der Waals surface area contributed by atoms with Gasteiger partial charge in [-0.2, -0.15) is 0 Å². The molecule has 0 bridgehead atoms. The van der Waals surface area contributed by atoms with Gasteiger partial charge in [0, 0.05) is 26.4 Å². The molecule has 0 radical (unpaired) electrons. The lowest BCUT2D eigenvalue weighted by atomic mass is 9.82. The van der Waals surface area contributed by atoms with E-state index in [9.17, 15) is 4.39 Å². The van der Waals surface area contributed by atoms with E-state index in [0.29, 0.717) is 30.3 Å². The maximum absolute atomic E-state index is 13.9. The third-order valence-corrected chi connectivity index (χ3v) is 9.59. The summed E-state index contributed by atoms with van der Waals surface area (Å²) in [6.07, 6.45) is 22.1. The number of unbranched alkanes of at least 4 members (excludes halogenated alkanes) is 4. The number of ether oxygens (including phenoxy) is 4. The highest BCUT2D eigenvalue weighted by Gasteiger charge is 2.24. The number of hydrogen-bond acceptors (Lipinski definition) is 4. The molecule has 3 aliphatic carbocycles. The smallest absolute Gasteiger partial charge is 0.126 e. The number of hydrogen-bond donors (Lipinski definition) is 0. The molecule has 1 aromatic carbocycles. The van der Waals surface area contributed by atoms with Gasteiger partial charge in [-0.15, -0.1) is 0 Å². The molecular formula is C36H57FO4. The molecule has 0 heterocycles. The molecule has 3 aliphatic rings. The number of rotatable bonds is 17. The van der Waals surface area contributed by atoms with Crippen LogP contribution >= 0.6 is 0 Å². The number of halogens is 1. The summed E-state index contributed by atoms with van der Waals surface area (Å²) in [5.74, 6) is 0.395. The second kappa shape index (κ2) is 18.4. The molecule has 1 aromatic rings. The van der Waals surface area contributed by atoms with Crippen LogP contribution in [-0.2, 0) is 18.9 Å². The van der Waals surface area contributed by atoms with Crippen molar-refractivity contribution < 1.29 is 23.3 Å². The Bertz CT molecular complexity index is 862. The van der Waals surface area contributed by atoms with Crippen LogP contribution in [0.25, 0.3) is 0 Å². The Kier molecular flexibility index (Phi) is 14.7. The van der Waals surface area contributed by atoms with Crippen LogP contribution in [0, 0.1) is 12.7 Å². The third kappa shape index (κ3) is 12.1. The molecule has 3 saturated carbocycles. The maximum atomic E-state index is 13.9. The van der Waals surface area contributed by atoms with Gasteiger partial charge in [0.2, 0.25) is 0 Å². The summed E-state index contributed by atoms with van der Waals surface area (Å²) in [6, 6.07) is 5.74. The van der Waals surface area contributed by atoms with E-state index >= 15 is 0 Å². The van der Waals surface area contributed by atoms with Crippen LogP contribution < -0.4 is 0 Å². The summed E-state index contributed by atoms with van der Waals surface area (Å²) < 4.78 is 38.5. The van der Waals surface area contributed by atoms with Gasteiger partial charge in [0.05, 0.1) is 24.4 Å². The molecule has 41 heavy (non-hydrogen) atoms. The van der Waals surface area contributed by atoms with Crippen LogP contribution in [0.3, 0.4) is 0 Å². The van der Waals surface area contributed by atoms with Crippen LogP contribution in [0.15, 0.2) is 30.4 Å². The van der Waals surface area contributed by atoms with E-state index in [-0.39, 0.29) is 5.82 Å². The summed E-state index contributed by atoms with van der Waals surface area (Å²) in [5.41, 5.74) is 3.28. The van der Waals surface area contributed by atoms with Crippen LogP contribution in [0.1, 0.15) is 133 Å². The van der Waals surface area contributed by atoms with Crippen LogP contribution in [-0.4, -0.2) is 50.8 Å². The Balaban J connectivity index is 0.909. The van der Waals surface area contributed by atoms with E-state index in [1.165, 1.54) is 24.8 Å². The second-order valence-corrected chi connectivity index (χ2v) is 12.9. The third-order valence-electron chi connectivity index (χ3n) is 9.59. The quantitative estimate of drug-likeness (QED) is 0.138. The molecule has 0 amide bonds. The molecule has 0 atom stereocenters. The van der Waals surface area contributed by atoms with Gasteiger partial charge in [0.25, 0.3) is 0 Å². The molecule has 5 heteroatoms. The molecule has 0 aliphatic heterocycles. The van der Waals surface area contributed by atoms with E-state index in [2.05, 4.69) is 12.6 Å². The Hall–Kier alpha value is -1.27. The highest BCUT2D eigenvalue weighted by molar-refractivity contribution is 5.26. The lowest BCUT2D eigenvalue weighted by Gasteiger charge is -2.29. The Morgan fingerprint density at radius 1 is 0.610 bits per heavy atom. The van der Waals surface area contributed by atoms with Crippen molar-refractivity contribution in [3.05, 3.63) is 47.3 Å². The fraction of sp³-hybridized carbons (Fsp3) is 0.778. The van der Waals surface area contributed by atoms with Crippen LogP contribution in [0.2, 0.25) is 0 Å². The minimum Gasteiger partial charge on any atom is -0.378 e. The molecule has 3 fully saturated rings. The fourth-order valence-electron chi connectivity index (χ4n) is 6.72. The molecule has 0 unspecified atom stereocenters. The minimum absolute atomic E-state index is 0.0788. The van der Waals surface area contributed by atoms with E-state index < -0.39 is 0 Å². The Morgan fingerprint density at radius 3 is 1.49 bits per heavy atom. The summed E-state index contributed by atoms with van der Waals surface area (Å²) in [7, 11) is 0. The van der Waals surface area contributed by atoms with E-state index in [1.54, 1.807) is 6.07 Å². The number of aryl methyl sites for hydroxylation is 1. The van der Waals surface area contributed by atoms with Gasteiger partial charge in [0.15, 0.2) is 0 Å². The monoisotopic (exact) mass is 572 g/mol. The lowest BCUT2D eigenvalue weighted by molar-refractivity contribution is -0.0350. The topological polar surface area (TPSA) is 36.9 Å². The first-order valence-electron chi connectivity index (χ1n) is 17.0. The van der Waals surface area contributed by atoms with Gasteiger partial charge in [-0.25, -0.2) is 4.39 Å². The highest BCUT2D eigenvalue weighted by Crippen LogP contribution is 2.34. The molecular weight excluding hydrogens is 515 g/mol. The number of benzene rings is 1. The predicted molar refractivity (Wildman–Crippen MR) is 165 cm³/mol. The molecule has 0 aromatic heterocycles. The first-order chi connectivity index (χ1) is 20.1. The van der Waals surface area contributed by atoms with Crippen molar-refractivity contribution in [3.8, 4) is 0 Å². The van der Waals surface area contributed by atoms with Crippen molar-refractivity contribution >= 4 is 0 Å².